The highest BCUT2D eigenvalue weighted by Crippen LogP contribution is 2.37. The summed E-state index contributed by atoms with van der Waals surface area (Å²) in [7, 11) is 0. The van der Waals surface area contributed by atoms with E-state index in [1.807, 2.05) is 0 Å². The summed E-state index contributed by atoms with van der Waals surface area (Å²) in [6.07, 6.45) is -38.7. The number of hydrogen-bond acceptors (Lipinski definition) is 38. The van der Waals surface area contributed by atoms with Gasteiger partial charge in [-0.2, -0.15) is 0 Å². The van der Waals surface area contributed by atoms with Gasteiger partial charge in [0.15, 0.2) is 25.2 Å². The molecule has 34 N–H and O–H groups in total. The molecule has 0 aromatic carbocycles. The number of ether oxygens (including phenoxy) is 9. The fourth-order valence-corrected chi connectivity index (χ4v) is 14.1. The van der Waals surface area contributed by atoms with Gasteiger partial charge in [-0.1, -0.05) is 0 Å². The molecular formula is C77H128N18O39. The first-order chi connectivity index (χ1) is 62.8. The molecule has 4 aliphatic heterocycles. The number of hydrogen-bond donors (Lipinski definition) is 29. The molecule has 760 valence electrons. The van der Waals surface area contributed by atoms with Crippen molar-refractivity contribution in [3.05, 3.63) is 0 Å². The van der Waals surface area contributed by atoms with Crippen LogP contribution in [0.3, 0.4) is 0 Å². The van der Waals surface area contributed by atoms with Crippen LogP contribution in [0.4, 0.5) is 0 Å². The molecule has 134 heavy (non-hydrogen) atoms. The number of rotatable bonds is 56. The van der Waals surface area contributed by atoms with Gasteiger partial charge in [-0.15, -0.1) is 0 Å². The van der Waals surface area contributed by atoms with Crippen LogP contribution in [-0.2, 0) is 134 Å². The minimum atomic E-state index is -2.28. The minimum absolute atomic E-state index is 0.0293. The summed E-state index contributed by atoms with van der Waals surface area (Å²) in [5, 5.41) is 149. The maximum Gasteiger partial charge on any atom is 0.326 e. The predicted octanol–water partition coefficient (Wildman–Crippen LogP) is -15.6. The number of nitrogens with two attached hydrogens (primary N) is 5. The molecule has 0 spiro atoms. The quantitative estimate of drug-likeness (QED) is 0.0251. The van der Waals surface area contributed by atoms with Crippen molar-refractivity contribution in [3.63, 3.8) is 0 Å². The van der Waals surface area contributed by atoms with E-state index in [1.54, 1.807) is 0 Å². The van der Waals surface area contributed by atoms with Crippen LogP contribution in [0.25, 0.3) is 0 Å². The predicted molar refractivity (Wildman–Crippen MR) is 445 cm³/mol. The summed E-state index contributed by atoms with van der Waals surface area (Å²) in [4.78, 5) is 244. The highest BCUT2D eigenvalue weighted by molar-refractivity contribution is 5.95. The van der Waals surface area contributed by atoms with Gasteiger partial charge in [-0.05, 0) is 86.0 Å². The summed E-state index contributed by atoms with van der Waals surface area (Å²) in [5.41, 5.74) is 27.2. The molecule has 31 atom stereocenters. The molecule has 4 heterocycles. The summed E-state index contributed by atoms with van der Waals surface area (Å²) in [6.45, 7) is 4.82. The van der Waals surface area contributed by atoms with Crippen molar-refractivity contribution in [2.24, 2.45) is 28.7 Å². The largest absolute Gasteiger partial charge is 0.480 e. The average molecular weight is 1930 g/mol. The third-order valence-electron chi connectivity index (χ3n) is 21.4. The third kappa shape index (κ3) is 36.4. The first-order valence-corrected chi connectivity index (χ1v) is 42.6. The second-order valence-electron chi connectivity index (χ2n) is 32.3. The van der Waals surface area contributed by atoms with Crippen molar-refractivity contribution < 1.29 is 190 Å². The zero-order valence-electron chi connectivity index (χ0n) is 74.9. The number of aliphatic carboxylic acids is 3. The number of unbranched alkanes of at least 4 members (excludes halogenated alkanes) is 2. The second kappa shape index (κ2) is 55.9. The summed E-state index contributed by atoms with van der Waals surface area (Å²) in [5.74, 6) is -20.0. The van der Waals surface area contributed by atoms with E-state index in [-0.39, 0.29) is 58.0 Å². The third-order valence-corrected chi connectivity index (χ3v) is 21.4. The fraction of sp³-hybridized carbons (Fsp3) is 0.753. The van der Waals surface area contributed by atoms with Crippen LogP contribution in [0.1, 0.15) is 139 Å². The van der Waals surface area contributed by atoms with Crippen LogP contribution in [0.5, 0.6) is 0 Å². The van der Waals surface area contributed by atoms with Crippen LogP contribution in [-0.4, -0.2) is 397 Å². The molecule has 57 nitrogen and oxygen atoms in total. The van der Waals surface area contributed by atoms with E-state index in [1.165, 1.54) is 0 Å². The van der Waals surface area contributed by atoms with E-state index in [0.717, 1.165) is 62.3 Å². The summed E-state index contributed by atoms with van der Waals surface area (Å²) in [6, 6.07) is -21.2. The van der Waals surface area contributed by atoms with Gasteiger partial charge in [0.2, 0.25) is 94.5 Å². The molecular weight excluding hydrogens is 1800 g/mol. The summed E-state index contributed by atoms with van der Waals surface area (Å²) < 4.78 is 55.8. The van der Waals surface area contributed by atoms with E-state index in [9.17, 15) is 142 Å². The highest BCUT2D eigenvalue weighted by atomic mass is 16.8. The Morgan fingerprint density at radius 1 is 0.343 bits per heavy atom. The molecule has 0 aliphatic carbocycles. The van der Waals surface area contributed by atoms with Crippen molar-refractivity contribution in [2.45, 2.75) is 329 Å². The van der Waals surface area contributed by atoms with E-state index < -0.39 is 360 Å². The molecule has 31 unspecified atom stereocenters. The monoisotopic (exact) mass is 1930 g/mol. The molecule has 4 fully saturated rings. The molecule has 4 rings (SSSR count). The second-order valence-corrected chi connectivity index (χ2v) is 32.3. The minimum Gasteiger partial charge on any atom is -0.480 e. The number of carbonyl (C=O) groups is 19. The van der Waals surface area contributed by atoms with E-state index in [4.69, 9.17) is 76.4 Å². The van der Waals surface area contributed by atoms with Crippen molar-refractivity contribution in [1.29, 1.82) is 0 Å². The Bertz CT molecular complexity index is 4030. The number of amides is 16. The van der Waals surface area contributed by atoms with Crippen LogP contribution in [0.2, 0.25) is 0 Å². The zero-order chi connectivity index (χ0) is 101. The summed E-state index contributed by atoms with van der Waals surface area (Å²) >= 11 is 0. The fourth-order valence-electron chi connectivity index (χ4n) is 14.1. The Morgan fingerprint density at radius 3 is 1.12 bits per heavy atom. The number of nitrogens with one attached hydrogen (secondary N) is 13. The Kier molecular flexibility index (Phi) is 48.2. The van der Waals surface area contributed by atoms with Crippen molar-refractivity contribution >= 4 is 112 Å². The van der Waals surface area contributed by atoms with Gasteiger partial charge in [0.1, 0.15) is 158 Å². The SMILES string of the molecule is CC(=O)NC1C(OC2C(CO)OC(OC3C(CO)OC(OC4C(CO)OC(O)C(NC(C)=O)C4OC(C)C(=O)NC(C)C(=O)NC(CCC(=O)NC(CCCCNC(=O)CC(N)C(N)=O)C(=O)O)C(N)=O)C(NC(C)=O)C3O)C(NC(C)=O)C2OC(C)C(=O)NC(C)C(=O)NC(CCC(=O)NC(CCCCNC(=O)CC(N)C(=O)O)C(=O)NC(C)C(=O)O)C(N)=O)OC(CO)C(O)C1O. The van der Waals surface area contributed by atoms with Crippen LogP contribution >= 0.6 is 0 Å². The van der Waals surface area contributed by atoms with E-state index in [2.05, 4.69) is 69.1 Å². The number of primary amides is 3. The number of aliphatic hydroxyl groups excluding tert-OH is 8. The molecule has 4 saturated heterocycles. The molecule has 57 heteroatoms. The topological polar surface area (TPSA) is 916 Å². The van der Waals surface area contributed by atoms with E-state index >= 15 is 0 Å². The highest BCUT2D eigenvalue weighted by Gasteiger charge is 2.58. The van der Waals surface area contributed by atoms with Gasteiger partial charge >= 0.3 is 17.9 Å². The number of aliphatic hydroxyl groups is 8. The smallest absolute Gasteiger partial charge is 0.326 e. The molecule has 4 aliphatic rings. The molecule has 16 amide bonds. The molecule has 0 bridgehead atoms. The maximum atomic E-state index is 14.5. The van der Waals surface area contributed by atoms with Crippen LogP contribution in [0.15, 0.2) is 0 Å². The lowest BCUT2D eigenvalue weighted by Crippen LogP contribution is -2.72. The molecule has 0 radical (unpaired) electrons. The standard InChI is InChI=1S/C77H128N18O39/c1-28(66(114)95-40(65(82)113)17-19-48(105)93-42(73(123)124)15-11-13-21-83-49(106)22-37(78)63(80)111)85-68(116)31(4)126-61-53(90-35(8)102)74(125)128-45(26-98)59(61)133-76-52(89-34(7)101)57(110)58(44(25-97)130-76)132-77-54(91-36(9)103)62(60(46(27-99)131-77)134-75-51(88-33(6)100)56(109)55(108)43(24-96)129-75)127-32(5)69(117)86-29(2)67(115)94-39(64(81)112)16-18-47(104)92-41(70(118)87-30(3)71(119)120)14-10-12-20-84-50(107)23-38(79)72(121)122/h28-32,37-46,51-62,74-77,96-99,108-110,125H,10-27,78-79H2,1-9H3,(H2,80,111)(H2,81,112)(H2,82,113)(H,83,106)(H,84,107)(H,85,116)(H,86,117)(H,87,118)(H,88,100)(H,89,101)(H,90,102)(H,91,103)(H,92,104)(H,93,105)(H,94,115)(H,95,114)(H,119,120)(H,121,122)(H,123,124). The number of carbonyl (C=O) groups excluding carboxylic acids is 16. The molecule has 0 saturated carbocycles. The lowest BCUT2D eigenvalue weighted by molar-refractivity contribution is -0.365. The molecule has 0 aromatic rings. The van der Waals surface area contributed by atoms with Crippen molar-refractivity contribution in [3.8, 4) is 0 Å². The van der Waals surface area contributed by atoms with Gasteiger partial charge in [0.25, 0.3) is 0 Å². The zero-order valence-corrected chi connectivity index (χ0v) is 74.9. The van der Waals surface area contributed by atoms with Gasteiger partial charge in [-0.3, -0.25) is 86.3 Å². The van der Waals surface area contributed by atoms with Gasteiger partial charge in [0, 0.05) is 53.6 Å². The van der Waals surface area contributed by atoms with Crippen molar-refractivity contribution in [2.75, 3.05) is 39.5 Å². The van der Waals surface area contributed by atoms with Gasteiger partial charge in [-0.25, -0.2) is 4.79 Å². The van der Waals surface area contributed by atoms with Crippen molar-refractivity contribution in [1.82, 2.24) is 69.1 Å². The van der Waals surface area contributed by atoms with Crippen LogP contribution in [0, 0.1) is 0 Å². The lowest BCUT2D eigenvalue weighted by Gasteiger charge is -2.52. The normalized spacial score (nSPS) is 27.5. The lowest BCUT2D eigenvalue weighted by atomic mass is 9.92. The first-order valence-electron chi connectivity index (χ1n) is 42.6. The van der Waals surface area contributed by atoms with Gasteiger partial charge in [0.05, 0.1) is 45.3 Å². The maximum absolute atomic E-state index is 14.5. The molecule has 0 aromatic heterocycles. The Balaban J connectivity index is 1.65. The average Bonchev–Trinajstić information content (AvgIpc) is 0.767. The Hall–Kier alpha value is -10.8. The Labute approximate surface area is 765 Å². The number of carboxylic acid groups (broad SMARTS) is 3. The van der Waals surface area contributed by atoms with E-state index in [0.29, 0.717) is 0 Å². The number of carboxylic acids is 3. The van der Waals surface area contributed by atoms with Crippen LogP contribution < -0.4 is 97.8 Å². The van der Waals surface area contributed by atoms with Gasteiger partial charge < -0.3 is 197 Å². The Morgan fingerprint density at radius 2 is 0.709 bits per heavy atom. The first kappa shape index (κ1) is 115.